The van der Waals surface area contributed by atoms with Crippen molar-refractivity contribution >= 4 is 51.4 Å². The number of aromatic nitrogens is 2. The minimum absolute atomic E-state index is 0. The Morgan fingerprint density at radius 3 is 2.59 bits per heavy atom. The van der Waals surface area contributed by atoms with Crippen LogP contribution in [0.5, 0.6) is 0 Å². The highest BCUT2D eigenvalue weighted by Gasteiger charge is 2.12. The van der Waals surface area contributed by atoms with Gasteiger partial charge in [-0.3, -0.25) is 4.99 Å². The number of nitrogens with one attached hydrogen (secondary N) is 2. The molecule has 0 aliphatic rings. The van der Waals surface area contributed by atoms with Crippen LogP contribution in [-0.4, -0.2) is 49.6 Å². The van der Waals surface area contributed by atoms with Gasteiger partial charge in [-0.1, -0.05) is 16.8 Å². The predicted molar refractivity (Wildman–Crippen MR) is 117 cm³/mol. The second kappa shape index (κ2) is 10.8. The van der Waals surface area contributed by atoms with Gasteiger partial charge < -0.3 is 15.2 Å². The molecule has 2 aromatic rings. The highest BCUT2D eigenvalue weighted by atomic mass is 127. The summed E-state index contributed by atoms with van der Waals surface area (Å²) < 4.78 is 27.7. The van der Waals surface area contributed by atoms with Crippen LogP contribution in [0.2, 0.25) is 5.02 Å². The van der Waals surface area contributed by atoms with E-state index in [0.717, 1.165) is 5.56 Å². The van der Waals surface area contributed by atoms with E-state index < -0.39 is 9.84 Å². The molecule has 0 aliphatic heterocycles. The molecule has 2 N–H and O–H groups in total. The molecule has 150 valence electrons. The number of hydrogen-bond acceptors (Lipinski definition) is 6. The molecule has 2 rings (SSSR count). The van der Waals surface area contributed by atoms with E-state index >= 15 is 0 Å². The van der Waals surface area contributed by atoms with Crippen molar-refractivity contribution in [3.63, 3.8) is 0 Å². The largest absolute Gasteiger partial charge is 0.354 e. The Morgan fingerprint density at radius 1 is 1.33 bits per heavy atom. The Bertz CT molecular complexity index is 855. The van der Waals surface area contributed by atoms with Gasteiger partial charge in [-0.05, 0) is 37.6 Å². The Balaban J connectivity index is 0.00000364. The van der Waals surface area contributed by atoms with Gasteiger partial charge in [0.1, 0.15) is 9.84 Å². The summed E-state index contributed by atoms with van der Waals surface area (Å²) in [5.41, 5.74) is 0.807. The molecular weight excluding hydrogens is 505 g/mol. The number of halogens is 2. The van der Waals surface area contributed by atoms with Crippen LogP contribution < -0.4 is 10.6 Å². The number of sulfone groups is 1. The van der Waals surface area contributed by atoms with E-state index in [2.05, 4.69) is 25.8 Å². The minimum Gasteiger partial charge on any atom is -0.354 e. The zero-order valence-corrected chi connectivity index (χ0v) is 19.2. The van der Waals surface area contributed by atoms with E-state index in [-0.39, 0.29) is 35.8 Å². The zero-order valence-electron chi connectivity index (χ0n) is 15.3. The van der Waals surface area contributed by atoms with E-state index in [1.807, 2.05) is 19.1 Å². The van der Waals surface area contributed by atoms with Crippen LogP contribution in [0.1, 0.15) is 19.2 Å². The minimum atomic E-state index is -2.99. The third-order valence-electron chi connectivity index (χ3n) is 3.51. The fraction of sp³-hybridized carbons (Fsp3) is 0.438. The first-order chi connectivity index (χ1) is 12.3. The van der Waals surface area contributed by atoms with Gasteiger partial charge in [-0.25, -0.2) is 8.42 Å². The van der Waals surface area contributed by atoms with Gasteiger partial charge in [0.05, 0.1) is 12.3 Å². The Morgan fingerprint density at radius 2 is 2.00 bits per heavy atom. The molecule has 27 heavy (non-hydrogen) atoms. The molecule has 11 heteroatoms. The summed E-state index contributed by atoms with van der Waals surface area (Å²) in [7, 11) is -1.35. The maximum Gasteiger partial charge on any atom is 0.246 e. The molecule has 0 radical (unpaired) electrons. The van der Waals surface area contributed by atoms with Gasteiger partial charge in [0.15, 0.2) is 5.96 Å². The molecule has 1 heterocycles. The van der Waals surface area contributed by atoms with E-state index in [4.69, 9.17) is 16.1 Å². The molecule has 0 amide bonds. The lowest BCUT2D eigenvalue weighted by molar-refractivity contribution is 0.375. The first kappa shape index (κ1) is 23.6. The third-order valence-corrected chi connectivity index (χ3v) is 4.74. The lowest BCUT2D eigenvalue weighted by Gasteiger charge is -2.16. The Hall–Kier alpha value is -1.40. The highest BCUT2D eigenvalue weighted by molar-refractivity contribution is 14.0. The second-order valence-corrected chi connectivity index (χ2v) is 8.60. The topological polar surface area (TPSA) is 109 Å². The summed E-state index contributed by atoms with van der Waals surface area (Å²) in [6, 6.07) is 7.09. The van der Waals surface area contributed by atoms with E-state index in [1.165, 1.54) is 6.26 Å². The molecule has 1 atom stereocenters. The Labute approximate surface area is 181 Å². The zero-order chi connectivity index (χ0) is 19.2. The van der Waals surface area contributed by atoms with Crippen LogP contribution in [0.3, 0.4) is 0 Å². The van der Waals surface area contributed by atoms with Crippen molar-refractivity contribution in [1.82, 2.24) is 20.8 Å². The van der Waals surface area contributed by atoms with Crippen molar-refractivity contribution in [2.45, 2.75) is 25.9 Å². The third kappa shape index (κ3) is 8.43. The molecule has 0 aliphatic carbocycles. The summed E-state index contributed by atoms with van der Waals surface area (Å²) in [6.45, 7) is 2.18. The van der Waals surface area contributed by atoms with Crippen LogP contribution >= 0.6 is 35.6 Å². The van der Waals surface area contributed by atoms with Crippen LogP contribution in [0.4, 0.5) is 0 Å². The van der Waals surface area contributed by atoms with Crippen molar-refractivity contribution < 1.29 is 12.9 Å². The smallest absolute Gasteiger partial charge is 0.246 e. The van der Waals surface area contributed by atoms with E-state index in [0.29, 0.717) is 35.7 Å². The van der Waals surface area contributed by atoms with Crippen LogP contribution in [-0.2, 0) is 16.4 Å². The summed E-state index contributed by atoms with van der Waals surface area (Å²) in [5, 5.41) is 10.8. The van der Waals surface area contributed by atoms with Gasteiger partial charge in [-0.15, -0.1) is 24.0 Å². The first-order valence-corrected chi connectivity index (χ1v) is 10.4. The van der Waals surface area contributed by atoms with Crippen molar-refractivity contribution in [3.8, 4) is 11.4 Å². The van der Waals surface area contributed by atoms with Crippen LogP contribution in [0.15, 0.2) is 33.8 Å². The standard InChI is InChI=1S/C16H22ClN5O3S.HI/c1-11(8-9-26(3,23)24)20-16(18-2)19-10-14-21-15(22-25-14)12-4-6-13(17)7-5-12;/h4-7,11H,8-10H2,1-3H3,(H2,18,19,20);1H. The molecule has 0 bridgehead atoms. The van der Waals surface area contributed by atoms with Gasteiger partial charge in [0, 0.05) is 29.9 Å². The fourth-order valence-electron chi connectivity index (χ4n) is 2.09. The molecule has 0 saturated carbocycles. The molecular formula is C16H23ClIN5O3S. The lowest BCUT2D eigenvalue weighted by Crippen LogP contribution is -2.42. The molecule has 1 aromatic heterocycles. The number of aliphatic imine (C=N–C) groups is 1. The maximum atomic E-state index is 11.2. The normalized spacial score (nSPS) is 13.0. The summed E-state index contributed by atoms with van der Waals surface area (Å²) in [5.74, 6) is 1.52. The van der Waals surface area contributed by atoms with Gasteiger partial charge in [0.25, 0.3) is 0 Å². The van der Waals surface area contributed by atoms with Crippen molar-refractivity contribution in [2.24, 2.45) is 4.99 Å². The van der Waals surface area contributed by atoms with E-state index in [1.54, 1.807) is 19.2 Å². The summed E-state index contributed by atoms with van der Waals surface area (Å²) >= 11 is 5.87. The van der Waals surface area contributed by atoms with Crippen molar-refractivity contribution in [1.29, 1.82) is 0 Å². The van der Waals surface area contributed by atoms with Gasteiger partial charge in [0.2, 0.25) is 11.7 Å². The molecule has 8 nitrogen and oxygen atoms in total. The second-order valence-electron chi connectivity index (χ2n) is 5.91. The molecule has 0 spiro atoms. The average molecular weight is 528 g/mol. The van der Waals surface area contributed by atoms with Gasteiger partial charge >= 0.3 is 0 Å². The fourth-order valence-corrected chi connectivity index (χ4v) is 3.00. The number of benzene rings is 1. The van der Waals surface area contributed by atoms with Crippen LogP contribution in [0, 0.1) is 0 Å². The van der Waals surface area contributed by atoms with E-state index in [9.17, 15) is 8.42 Å². The summed E-state index contributed by atoms with van der Waals surface area (Å²) in [4.78, 5) is 8.42. The van der Waals surface area contributed by atoms with Crippen molar-refractivity contribution in [2.75, 3.05) is 19.1 Å². The Kier molecular flexibility index (Phi) is 9.47. The van der Waals surface area contributed by atoms with Gasteiger partial charge in [-0.2, -0.15) is 4.98 Å². The SMILES string of the molecule is CN=C(NCc1nc(-c2ccc(Cl)cc2)no1)NC(C)CCS(C)(=O)=O.I. The predicted octanol–water partition coefficient (Wildman–Crippen LogP) is 2.50. The first-order valence-electron chi connectivity index (χ1n) is 8.00. The average Bonchev–Trinajstić information content (AvgIpc) is 3.05. The number of guanidine groups is 1. The number of hydrogen-bond donors (Lipinski definition) is 2. The van der Waals surface area contributed by atoms with Crippen molar-refractivity contribution in [3.05, 3.63) is 35.2 Å². The number of nitrogens with zero attached hydrogens (tertiary/aromatic N) is 3. The van der Waals surface area contributed by atoms with Crippen LogP contribution in [0.25, 0.3) is 11.4 Å². The molecule has 0 saturated heterocycles. The molecule has 1 aromatic carbocycles. The summed E-state index contributed by atoms with van der Waals surface area (Å²) in [6.07, 6.45) is 1.71. The molecule has 0 fully saturated rings. The molecule has 1 unspecified atom stereocenters. The number of rotatable bonds is 7. The highest BCUT2D eigenvalue weighted by Crippen LogP contribution is 2.18. The quantitative estimate of drug-likeness (QED) is 0.323. The lowest BCUT2D eigenvalue weighted by atomic mass is 10.2. The maximum absolute atomic E-state index is 11.2. The monoisotopic (exact) mass is 527 g/mol.